The topological polar surface area (TPSA) is 8.17 Å². The number of para-hydroxylation sites is 2. The van der Waals surface area contributed by atoms with Gasteiger partial charge in [0.2, 0.25) is 0 Å². The molecule has 0 saturated heterocycles. The molecule has 0 bridgehead atoms. The lowest BCUT2D eigenvalue weighted by Crippen LogP contribution is -2.10. The van der Waals surface area contributed by atoms with Crippen molar-refractivity contribution < 1.29 is 0 Å². The van der Waals surface area contributed by atoms with Crippen LogP contribution in [0.15, 0.2) is 182 Å². The lowest BCUT2D eigenvalue weighted by Gasteiger charge is -2.27. The highest BCUT2D eigenvalue weighted by atomic mass is 15.1. The Bertz CT molecular complexity index is 2470. The summed E-state index contributed by atoms with van der Waals surface area (Å²) in [6.45, 7) is 0. The summed E-state index contributed by atoms with van der Waals surface area (Å²) in [7, 11) is 0. The first-order chi connectivity index (χ1) is 22.8. The van der Waals surface area contributed by atoms with E-state index >= 15 is 0 Å². The summed E-state index contributed by atoms with van der Waals surface area (Å²) in [4.78, 5) is 2.38. The molecule has 8 aromatic carbocycles. The maximum absolute atomic E-state index is 2.39. The highest BCUT2D eigenvalue weighted by Gasteiger charge is 2.17. The molecular weight excluding hydrogens is 556 g/mol. The van der Waals surface area contributed by atoms with E-state index in [0.717, 1.165) is 22.7 Å². The Balaban J connectivity index is 1.25. The Morgan fingerprint density at radius 2 is 0.870 bits per heavy atom. The third-order valence-electron chi connectivity index (χ3n) is 9.15. The smallest absolute Gasteiger partial charge is 0.0541 e. The van der Waals surface area contributed by atoms with E-state index in [0.29, 0.717) is 0 Å². The quantitative estimate of drug-likeness (QED) is 0.182. The monoisotopic (exact) mass is 586 g/mol. The third kappa shape index (κ3) is 4.35. The second-order valence-electron chi connectivity index (χ2n) is 11.8. The molecule has 0 N–H and O–H groups in total. The summed E-state index contributed by atoms with van der Waals surface area (Å²) < 4.78 is 2.39. The van der Waals surface area contributed by atoms with E-state index in [4.69, 9.17) is 0 Å². The molecule has 2 nitrogen and oxygen atoms in total. The van der Waals surface area contributed by atoms with Crippen LogP contribution in [0.5, 0.6) is 0 Å². The zero-order valence-corrected chi connectivity index (χ0v) is 25.2. The van der Waals surface area contributed by atoms with Gasteiger partial charge in [0.1, 0.15) is 0 Å². The second kappa shape index (κ2) is 10.8. The fourth-order valence-corrected chi connectivity index (χ4v) is 6.98. The zero-order chi connectivity index (χ0) is 30.5. The predicted octanol–water partition coefficient (Wildman–Crippen LogP) is 12.2. The van der Waals surface area contributed by atoms with Gasteiger partial charge in [-0.2, -0.15) is 0 Å². The lowest BCUT2D eigenvalue weighted by molar-refractivity contribution is 1.17. The molecule has 0 aliphatic carbocycles. The molecule has 0 saturated carbocycles. The fourth-order valence-electron chi connectivity index (χ4n) is 6.98. The maximum atomic E-state index is 2.39. The third-order valence-corrected chi connectivity index (χ3v) is 9.15. The van der Waals surface area contributed by atoms with E-state index in [9.17, 15) is 0 Å². The van der Waals surface area contributed by atoms with Gasteiger partial charge >= 0.3 is 0 Å². The molecule has 0 aliphatic rings. The number of rotatable bonds is 5. The summed E-state index contributed by atoms with van der Waals surface area (Å²) in [5.74, 6) is 0. The average Bonchev–Trinajstić information content (AvgIpc) is 3.47. The van der Waals surface area contributed by atoms with Gasteiger partial charge in [0, 0.05) is 33.5 Å². The van der Waals surface area contributed by atoms with Gasteiger partial charge in [0.05, 0.1) is 11.0 Å². The zero-order valence-electron chi connectivity index (χ0n) is 25.2. The SMILES string of the molecule is c1ccc(-c2ccc(N(c3cccc(-n4c5ccccc5c5ccccc54)c3)c3ccc4ccc5ccccc5c4c3)cc2)cc1. The first kappa shape index (κ1) is 26.3. The highest BCUT2D eigenvalue weighted by Crippen LogP contribution is 2.40. The molecule has 2 heteroatoms. The van der Waals surface area contributed by atoms with Crippen molar-refractivity contribution in [1.82, 2.24) is 4.57 Å². The maximum Gasteiger partial charge on any atom is 0.0541 e. The van der Waals surface area contributed by atoms with Crippen LogP contribution >= 0.6 is 0 Å². The van der Waals surface area contributed by atoms with Crippen molar-refractivity contribution in [2.24, 2.45) is 0 Å². The fraction of sp³-hybridized carbons (Fsp3) is 0. The summed E-state index contributed by atoms with van der Waals surface area (Å²) in [6, 6.07) is 65.7. The molecular formula is C44H30N2. The van der Waals surface area contributed by atoms with Gasteiger partial charge < -0.3 is 9.47 Å². The van der Waals surface area contributed by atoms with Crippen LogP contribution in [0.2, 0.25) is 0 Å². The molecule has 0 fully saturated rings. The van der Waals surface area contributed by atoms with Crippen molar-refractivity contribution in [2.45, 2.75) is 0 Å². The van der Waals surface area contributed by atoms with E-state index in [-0.39, 0.29) is 0 Å². The molecule has 9 rings (SSSR count). The van der Waals surface area contributed by atoms with Crippen LogP contribution in [0, 0.1) is 0 Å². The Morgan fingerprint density at radius 1 is 0.326 bits per heavy atom. The minimum absolute atomic E-state index is 1.10. The molecule has 9 aromatic rings. The van der Waals surface area contributed by atoms with Gasteiger partial charge in [0.15, 0.2) is 0 Å². The standard InChI is InChI=1S/C44H30N2/c1-2-11-31(12-3-1)32-23-26-35(27-24-32)45(38-28-25-34-22-21-33-13-4-5-16-39(33)42(34)30-38)36-14-10-15-37(29-36)46-43-19-8-6-17-40(43)41-18-7-9-20-44(41)46/h1-30H. The molecule has 0 aliphatic heterocycles. The van der Waals surface area contributed by atoms with E-state index in [1.807, 2.05) is 0 Å². The normalized spacial score (nSPS) is 11.5. The van der Waals surface area contributed by atoms with Crippen LogP contribution in [0.4, 0.5) is 17.1 Å². The minimum atomic E-state index is 1.10. The number of fused-ring (bicyclic) bond motifs is 6. The van der Waals surface area contributed by atoms with Crippen LogP contribution in [-0.4, -0.2) is 4.57 Å². The van der Waals surface area contributed by atoms with Gasteiger partial charge in [-0.25, -0.2) is 0 Å². The largest absolute Gasteiger partial charge is 0.310 e. The van der Waals surface area contributed by atoms with Crippen LogP contribution in [0.3, 0.4) is 0 Å². The Labute approximate surface area is 268 Å². The number of hydrogen-bond acceptors (Lipinski definition) is 1. The Morgan fingerprint density at radius 3 is 1.61 bits per heavy atom. The van der Waals surface area contributed by atoms with Crippen molar-refractivity contribution in [3.8, 4) is 16.8 Å². The molecule has 0 spiro atoms. The molecule has 216 valence electrons. The number of aromatic nitrogens is 1. The van der Waals surface area contributed by atoms with Crippen molar-refractivity contribution in [3.63, 3.8) is 0 Å². The second-order valence-corrected chi connectivity index (χ2v) is 11.8. The van der Waals surface area contributed by atoms with E-state index in [1.165, 1.54) is 54.5 Å². The summed E-state index contributed by atoms with van der Waals surface area (Å²) >= 11 is 0. The number of anilines is 3. The van der Waals surface area contributed by atoms with Crippen LogP contribution < -0.4 is 4.90 Å². The van der Waals surface area contributed by atoms with Gasteiger partial charge in [-0.15, -0.1) is 0 Å². The molecule has 1 aromatic heterocycles. The minimum Gasteiger partial charge on any atom is -0.310 e. The van der Waals surface area contributed by atoms with Crippen LogP contribution in [-0.2, 0) is 0 Å². The van der Waals surface area contributed by atoms with E-state index in [1.54, 1.807) is 0 Å². The molecule has 0 unspecified atom stereocenters. The Hall–Kier alpha value is -6.12. The van der Waals surface area contributed by atoms with Crippen LogP contribution in [0.25, 0.3) is 60.2 Å². The van der Waals surface area contributed by atoms with Crippen molar-refractivity contribution in [3.05, 3.63) is 182 Å². The molecule has 46 heavy (non-hydrogen) atoms. The van der Waals surface area contributed by atoms with Gasteiger partial charge in [-0.05, 0) is 87.3 Å². The van der Waals surface area contributed by atoms with E-state index < -0.39 is 0 Å². The number of hydrogen-bond donors (Lipinski definition) is 0. The average molecular weight is 587 g/mol. The summed E-state index contributed by atoms with van der Waals surface area (Å²) in [5.41, 5.74) is 9.29. The summed E-state index contributed by atoms with van der Waals surface area (Å²) in [5, 5.41) is 7.52. The molecule has 0 amide bonds. The highest BCUT2D eigenvalue weighted by molar-refractivity contribution is 6.10. The molecule has 0 atom stereocenters. The molecule has 1 heterocycles. The van der Waals surface area contributed by atoms with Crippen LogP contribution in [0.1, 0.15) is 0 Å². The first-order valence-electron chi connectivity index (χ1n) is 15.8. The van der Waals surface area contributed by atoms with Gasteiger partial charge in [-0.3, -0.25) is 0 Å². The Kier molecular flexibility index (Phi) is 6.17. The van der Waals surface area contributed by atoms with Crippen molar-refractivity contribution in [2.75, 3.05) is 4.90 Å². The van der Waals surface area contributed by atoms with Gasteiger partial charge in [0.25, 0.3) is 0 Å². The molecule has 0 radical (unpaired) electrons. The summed E-state index contributed by atoms with van der Waals surface area (Å²) in [6.07, 6.45) is 0. The lowest BCUT2D eigenvalue weighted by atomic mass is 10.0. The number of benzene rings is 8. The van der Waals surface area contributed by atoms with Crippen molar-refractivity contribution in [1.29, 1.82) is 0 Å². The van der Waals surface area contributed by atoms with Gasteiger partial charge in [-0.1, -0.05) is 127 Å². The van der Waals surface area contributed by atoms with E-state index in [2.05, 4.69) is 191 Å². The predicted molar refractivity (Wildman–Crippen MR) is 196 cm³/mol. The van der Waals surface area contributed by atoms with Crippen molar-refractivity contribution >= 4 is 60.4 Å². The first-order valence-corrected chi connectivity index (χ1v) is 15.8. The number of nitrogens with zero attached hydrogens (tertiary/aromatic N) is 2.